The molecule has 0 aromatic rings. The number of nitrogens with zero attached hydrogens (tertiary/aromatic N) is 3. The molecule has 0 bridgehead atoms. The molecule has 0 atom stereocenters. The van der Waals surface area contributed by atoms with Crippen LogP contribution in [0.25, 0.3) is 0 Å². The molecule has 0 unspecified atom stereocenters. The van der Waals surface area contributed by atoms with Gasteiger partial charge in [-0.25, -0.2) is 0 Å². The van der Waals surface area contributed by atoms with Crippen molar-refractivity contribution in [2.45, 2.75) is 51.0 Å². The molecule has 2 saturated heterocycles. The van der Waals surface area contributed by atoms with E-state index in [4.69, 9.17) is 0 Å². The quantitative estimate of drug-likeness (QED) is 0.597. The van der Waals surface area contributed by atoms with E-state index in [1.807, 2.05) is 7.05 Å². The fourth-order valence-corrected chi connectivity index (χ4v) is 3.72. The van der Waals surface area contributed by atoms with Crippen LogP contribution >= 0.6 is 0 Å². The van der Waals surface area contributed by atoms with Gasteiger partial charge in [0.05, 0.1) is 0 Å². The maximum atomic E-state index is 4.37. The Morgan fingerprint density at radius 2 is 1.73 bits per heavy atom. The van der Waals surface area contributed by atoms with Crippen molar-refractivity contribution in [2.24, 2.45) is 4.99 Å². The number of nitrogens with one attached hydrogen (secondary N) is 2. The number of guanidine groups is 1. The third kappa shape index (κ3) is 4.59. The Hall–Kier alpha value is -0.810. The van der Waals surface area contributed by atoms with E-state index in [1.165, 1.54) is 58.3 Å². The fraction of sp³-hybridized carbons (Fsp3) is 0.941. The largest absolute Gasteiger partial charge is 0.356 e. The predicted octanol–water partition coefficient (Wildman–Crippen LogP) is 1.51. The highest BCUT2D eigenvalue weighted by atomic mass is 15.3. The topological polar surface area (TPSA) is 42.9 Å². The fourth-order valence-electron chi connectivity index (χ4n) is 3.72. The smallest absolute Gasteiger partial charge is 0.191 e. The van der Waals surface area contributed by atoms with Gasteiger partial charge in [-0.05, 0) is 65.3 Å². The minimum absolute atomic E-state index is 0.316. The van der Waals surface area contributed by atoms with Crippen LogP contribution in [0, 0.1) is 0 Å². The van der Waals surface area contributed by atoms with Gasteiger partial charge in [-0.3, -0.25) is 9.89 Å². The third-order valence-electron chi connectivity index (χ3n) is 5.30. The van der Waals surface area contributed by atoms with Gasteiger partial charge in [0.15, 0.2) is 5.96 Å². The van der Waals surface area contributed by atoms with Crippen LogP contribution in [0.3, 0.4) is 0 Å². The molecule has 22 heavy (non-hydrogen) atoms. The van der Waals surface area contributed by atoms with Gasteiger partial charge in [0.2, 0.25) is 0 Å². The zero-order chi connectivity index (χ0) is 15.8. The second kappa shape index (κ2) is 8.73. The maximum absolute atomic E-state index is 4.37. The summed E-state index contributed by atoms with van der Waals surface area (Å²) in [5.74, 6) is 0.956. The summed E-state index contributed by atoms with van der Waals surface area (Å²) >= 11 is 0. The summed E-state index contributed by atoms with van der Waals surface area (Å²) in [4.78, 5) is 9.60. The van der Waals surface area contributed by atoms with Crippen molar-refractivity contribution in [2.75, 3.05) is 53.4 Å². The van der Waals surface area contributed by atoms with Gasteiger partial charge in [0, 0.05) is 25.7 Å². The third-order valence-corrected chi connectivity index (χ3v) is 5.30. The molecule has 128 valence electrons. The van der Waals surface area contributed by atoms with E-state index in [9.17, 15) is 0 Å². The first-order chi connectivity index (χ1) is 10.7. The Morgan fingerprint density at radius 1 is 1.05 bits per heavy atom. The van der Waals surface area contributed by atoms with Crippen molar-refractivity contribution in [3.63, 3.8) is 0 Å². The molecule has 0 aliphatic carbocycles. The minimum Gasteiger partial charge on any atom is -0.356 e. The molecule has 5 heteroatoms. The zero-order valence-corrected chi connectivity index (χ0v) is 14.8. The van der Waals surface area contributed by atoms with Crippen molar-refractivity contribution in [1.82, 2.24) is 20.4 Å². The Kier molecular flexibility index (Phi) is 6.96. The van der Waals surface area contributed by atoms with Crippen LogP contribution in [0.2, 0.25) is 0 Å². The highest BCUT2D eigenvalue weighted by Gasteiger charge is 2.39. The van der Waals surface area contributed by atoms with E-state index in [-0.39, 0.29) is 0 Å². The molecule has 5 nitrogen and oxygen atoms in total. The molecule has 2 fully saturated rings. The second-order valence-electron chi connectivity index (χ2n) is 6.93. The molecule has 0 aromatic heterocycles. The summed E-state index contributed by atoms with van der Waals surface area (Å²) < 4.78 is 0. The van der Waals surface area contributed by atoms with Crippen LogP contribution < -0.4 is 10.6 Å². The van der Waals surface area contributed by atoms with Crippen LogP contribution in [0.1, 0.15) is 45.4 Å². The Morgan fingerprint density at radius 3 is 2.32 bits per heavy atom. The monoisotopic (exact) mass is 309 g/mol. The second-order valence-corrected chi connectivity index (χ2v) is 6.93. The van der Waals surface area contributed by atoms with Crippen LogP contribution in [-0.2, 0) is 0 Å². The van der Waals surface area contributed by atoms with Gasteiger partial charge in [-0.2, -0.15) is 0 Å². The average Bonchev–Trinajstić information content (AvgIpc) is 2.58. The SMILES string of the molecule is CCCNC(=NC)NCC1(N2CCCCC2)CCN(C)CC1. The van der Waals surface area contributed by atoms with E-state index >= 15 is 0 Å². The lowest BCUT2D eigenvalue weighted by atomic mass is 9.84. The highest BCUT2D eigenvalue weighted by molar-refractivity contribution is 5.79. The molecule has 0 saturated carbocycles. The summed E-state index contributed by atoms with van der Waals surface area (Å²) in [5.41, 5.74) is 0.316. The van der Waals surface area contributed by atoms with Crippen LogP contribution in [0.5, 0.6) is 0 Å². The van der Waals surface area contributed by atoms with Crippen molar-refractivity contribution in [1.29, 1.82) is 0 Å². The lowest BCUT2D eigenvalue weighted by Gasteiger charge is -2.50. The summed E-state index contributed by atoms with van der Waals surface area (Å²) in [5, 5.41) is 7.00. The lowest BCUT2D eigenvalue weighted by Crippen LogP contribution is -2.62. The van der Waals surface area contributed by atoms with Crippen molar-refractivity contribution >= 4 is 5.96 Å². The first-order valence-corrected chi connectivity index (χ1v) is 9.08. The molecule has 2 aliphatic heterocycles. The molecular formula is C17H35N5. The normalized spacial score (nSPS) is 24.2. The lowest BCUT2D eigenvalue weighted by molar-refractivity contribution is 0.0173. The summed E-state index contributed by atoms with van der Waals surface area (Å²) in [6.07, 6.45) is 7.78. The molecule has 2 heterocycles. The standard InChI is InChI=1S/C17H35N5/c1-4-10-19-16(18-2)20-15-17(8-13-21(3)14-9-17)22-11-6-5-7-12-22/h4-15H2,1-3H3,(H2,18,19,20). The predicted molar refractivity (Wildman–Crippen MR) is 94.5 cm³/mol. The highest BCUT2D eigenvalue weighted by Crippen LogP contribution is 2.30. The van der Waals surface area contributed by atoms with Crippen molar-refractivity contribution < 1.29 is 0 Å². The number of piperidine rings is 2. The number of aliphatic imine (C=N–C) groups is 1. The van der Waals surface area contributed by atoms with Crippen LogP contribution in [0.4, 0.5) is 0 Å². The number of likely N-dealkylation sites (tertiary alicyclic amines) is 2. The summed E-state index contributed by atoms with van der Waals surface area (Å²) in [6.45, 7) is 9.15. The van der Waals surface area contributed by atoms with Gasteiger partial charge in [-0.1, -0.05) is 13.3 Å². The number of hydrogen-bond acceptors (Lipinski definition) is 3. The van der Waals surface area contributed by atoms with E-state index in [0.29, 0.717) is 5.54 Å². The van der Waals surface area contributed by atoms with E-state index in [0.717, 1.165) is 25.5 Å². The minimum atomic E-state index is 0.316. The molecule has 2 N–H and O–H groups in total. The van der Waals surface area contributed by atoms with Gasteiger partial charge in [0.25, 0.3) is 0 Å². The molecular weight excluding hydrogens is 274 g/mol. The Bertz CT molecular complexity index is 341. The van der Waals surface area contributed by atoms with E-state index < -0.39 is 0 Å². The van der Waals surface area contributed by atoms with Crippen LogP contribution in [-0.4, -0.2) is 74.7 Å². The molecule has 2 rings (SSSR count). The molecule has 0 amide bonds. The van der Waals surface area contributed by atoms with Gasteiger partial charge in [0.1, 0.15) is 0 Å². The zero-order valence-electron chi connectivity index (χ0n) is 14.8. The van der Waals surface area contributed by atoms with Gasteiger partial charge in [-0.15, -0.1) is 0 Å². The van der Waals surface area contributed by atoms with E-state index in [1.54, 1.807) is 0 Å². The van der Waals surface area contributed by atoms with E-state index in [2.05, 4.69) is 39.4 Å². The van der Waals surface area contributed by atoms with Gasteiger partial charge < -0.3 is 15.5 Å². The maximum Gasteiger partial charge on any atom is 0.191 e. The average molecular weight is 310 g/mol. The number of hydrogen-bond donors (Lipinski definition) is 2. The van der Waals surface area contributed by atoms with Crippen LogP contribution in [0.15, 0.2) is 4.99 Å². The number of rotatable bonds is 5. The molecule has 0 radical (unpaired) electrons. The molecule has 0 aromatic carbocycles. The Labute approximate surface area is 136 Å². The van der Waals surface area contributed by atoms with Crippen molar-refractivity contribution in [3.8, 4) is 0 Å². The summed E-state index contributed by atoms with van der Waals surface area (Å²) in [6, 6.07) is 0. The molecule has 2 aliphatic rings. The van der Waals surface area contributed by atoms with Crippen molar-refractivity contribution in [3.05, 3.63) is 0 Å². The summed E-state index contributed by atoms with van der Waals surface area (Å²) in [7, 11) is 4.11. The Balaban J connectivity index is 1.98. The molecule has 0 spiro atoms. The van der Waals surface area contributed by atoms with Gasteiger partial charge >= 0.3 is 0 Å². The first kappa shape index (κ1) is 17.5. The first-order valence-electron chi connectivity index (χ1n) is 9.08.